The van der Waals surface area contributed by atoms with E-state index in [2.05, 4.69) is 9.97 Å². The number of benzene rings is 2. The average Bonchev–Trinajstić information content (AvgIpc) is 3.39. The van der Waals surface area contributed by atoms with Crippen molar-refractivity contribution in [2.45, 2.75) is 18.2 Å². The first-order chi connectivity index (χ1) is 18.8. The molecule has 2 aromatic carbocycles. The van der Waals surface area contributed by atoms with Gasteiger partial charge in [0.25, 0.3) is 5.91 Å². The third kappa shape index (κ3) is 5.42. The number of ether oxygens (including phenoxy) is 1. The number of hydrogen-bond acceptors (Lipinski definition) is 9. The number of sulfonamides is 1. The fourth-order valence-corrected chi connectivity index (χ4v) is 6.28. The molecule has 0 bridgehead atoms. The van der Waals surface area contributed by atoms with Gasteiger partial charge in [0.1, 0.15) is 24.1 Å². The number of piperazine rings is 1. The van der Waals surface area contributed by atoms with Crippen molar-refractivity contribution >= 4 is 27.6 Å². The first-order valence-electron chi connectivity index (χ1n) is 12.7. The Morgan fingerprint density at radius 2 is 1.79 bits per heavy atom. The summed E-state index contributed by atoms with van der Waals surface area (Å²) in [5.74, 6) is 0.931. The van der Waals surface area contributed by atoms with Crippen molar-refractivity contribution in [1.29, 1.82) is 5.26 Å². The number of nitrogens with two attached hydrogens (primary N) is 1. The number of fused-ring (bicyclic) bond motifs is 1. The maximum absolute atomic E-state index is 13.5. The van der Waals surface area contributed by atoms with E-state index >= 15 is 0 Å². The standard InChI is InChI=1S/C27H29N7O4S/c1-19-16-22(18-29)31-27(30-19)32-11-13-33(14-12-32)39(36,37)24-6-7-25-21(17-24)8-10-34(25)26(35)20-2-4-23(5-3-20)38-15-9-28/h2-7,16-17H,8-15,28H2,1H3. The Hall–Kier alpha value is -4.05. The van der Waals surface area contributed by atoms with E-state index in [4.69, 9.17) is 10.5 Å². The minimum atomic E-state index is -3.73. The van der Waals surface area contributed by atoms with Gasteiger partial charge in [0.15, 0.2) is 0 Å². The molecule has 3 aromatic rings. The zero-order valence-corrected chi connectivity index (χ0v) is 22.4. The number of carbonyl (C=O) groups is 1. The molecule has 1 aromatic heterocycles. The van der Waals surface area contributed by atoms with E-state index in [0.29, 0.717) is 62.2 Å². The summed E-state index contributed by atoms with van der Waals surface area (Å²) >= 11 is 0. The van der Waals surface area contributed by atoms with Crippen molar-refractivity contribution < 1.29 is 17.9 Å². The van der Waals surface area contributed by atoms with Gasteiger partial charge in [0, 0.05) is 56.2 Å². The van der Waals surface area contributed by atoms with Crippen LogP contribution in [0.2, 0.25) is 0 Å². The number of nitriles is 1. The molecule has 1 fully saturated rings. The van der Waals surface area contributed by atoms with Crippen molar-refractivity contribution in [2.24, 2.45) is 5.73 Å². The van der Waals surface area contributed by atoms with E-state index in [1.807, 2.05) is 11.0 Å². The molecule has 0 saturated carbocycles. The van der Waals surface area contributed by atoms with Gasteiger partial charge >= 0.3 is 0 Å². The summed E-state index contributed by atoms with van der Waals surface area (Å²) in [7, 11) is -3.73. The molecule has 0 radical (unpaired) electrons. The number of rotatable bonds is 7. The van der Waals surface area contributed by atoms with E-state index in [-0.39, 0.29) is 29.6 Å². The van der Waals surface area contributed by atoms with Crippen LogP contribution >= 0.6 is 0 Å². The Morgan fingerprint density at radius 1 is 1.05 bits per heavy atom. The Kier molecular flexibility index (Phi) is 7.47. The lowest BCUT2D eigenvalue weighted by atomic mass is 10.1. The van der Waals surface area contributed by atoms with Gasteiger partial charge in [-0.3, -0.25) is 4.79 Å². The second-order valence-corrected chi connectivity index (χ2v) is 11.3. The Morgan fingerprint density at radius 3 is 2.49 bits per heavy atom. The van der Waals surface area contributed by atoms with Gasteiger partial charge in [-0.2, -0.15) is 9.57 Å². The quantitative estimate of drug-likeness (QED) is 0.467. The normalized spacial score (nSPS) is 15.6. The molecule has 2 aliphatic rings. The highest BCUT2D eigenvalue weighted by molar-refractivity contribution is 7.89. The average molecular weight is 548 g/mol. The Bertz CT molecular complexity index is 1530. The molecular formula is C27H29N7O4S. The van der Waals surface area contributed by atoms with Crippen LogP contribution in [0.15, 0.2) is 53.4 Å². The summed E-state index contributed by atoms with van der Waals surface area (Å²) < 4.78 is 33.9. The molecule has 11 nitrogen and oxygen atoms in total. The number of anilines is 2. The molecule has 5 rings (SSSR count). The molecule has 2 aliphatic heterocycles. The fourth-order valence-electron chi connectivity index (χ4n) is 4.80. The largest absolute Gasteiger partial charge is 0.492 e. The fraction of sp³-hybridized carbons (Fsp3) is 0.333. The summed E-state index contributed by atoms with van der Waals surface area (Å²) in [4.78, 5) is 25.6. The molecule has 3 heterocycles. The summed E-state index contributed by atoms with van der Waals surface area (Å²) in [6, 6.07) is 15.5. The molecule has 202 valence electrons. The zero-order valence-electron chi connectivity index (χ0n) is 21.6. The molecule has 0 atom stereocenters. The van der Waals surface area contributed by atoms with Crippen molar-refractivity contribution in [3.05, 3.63) is 71.0 Å². The van der Waals surface area contributed by atoms with E-state index in [1.165, 1.54) is 4.31 Å². The van der Waals surface area contributed by atoms with Crippen LogP contribution < -0.4 is 20.3 Å². The summed E-state index contributed by atoms with van der Waals surface area (Å²) in [6.07, 6.45) is 0.571. The molecule has 2 N–H and O–H groups in total. The smallest absolute Gasteiger partial charge is 0.258 e. The molecular weight excluding hydrogens is 518 g/mol. The predicted octanol–water partition coefficient (Wildman–Crippen LogP) is 1.71. The number of aryl methyl sites for hydroxylation is 1. The molecule has 0 aliphatic carbocycles. The van der Waals surface area contributed by atoms with Gasteiger partial charge in [-0.25, -0.2) is 18.4 Å². The van der Waals surface area contributed by atoms with Gasteiger partial charge < -0.3 is 20.3 Å². The maximum atomic E-state index is 13.5. The third-order valence-electron chi connectivity index (χ3n) is 6.80. The second-order valence-electron chi connectivity index (χ2n) is 9.36. The first kappa shape index (κ1) is 26.6. The molecule has 0 spiro atoms. The number of hydrogen-bond donors (Lipinski definition) is 1. The highest BCUT2D eigenvalue weighted by Gasteiger charge is 2.32. The lowest BCUT2D eigenvalue weighted by Crippen LogP contribution is -2.49. The van der Waals surface area contributed by atoms with Crippen LogP contribution in [0, 0.1) is 18.3 Å². The predicted molar refractivity (Wildman–Crippen MR) is 145 cm³/mol. The SMILES string of the molecule is Cc1cc(C#N)nc(N2CCN(S(=O)(=O)c3ccc4c(c3)CCN4C(=O)c3ccc(OCCN)cc3)CC2)n1. The van der Waals surface area contributed by atoms with Crippen molar-refractivity contribution in [2.75, 3.05) is 55.7 Å². The third-order valence-corrected chi connectivity index (χ3v) is 8.69. The van der Waals surface area contributed by atoms with Crippen molar-refractivity contribution in [1.82, 2.24) is 14.3 Å². The monoisotopic (exact) mass is 547 g/mol. The van der Waals surface area contributed by atoms with Crippen LogP contribution in [-0.4, -0.2) is 74.5 Å². The molecule has 12 heteroatoms. The second kappa shape index (κ2) is 11.0. The lowest BCUT2D eigenvalue weighted by Gasteiger charge is -2.34. The first-order valence-corrected chi connectivity index (χ1v) is 14.1. The van der Waals surface area contributed by atoms with Gasteiger partial charge in [0.2, 0.25) is 16.0 Å². The van der Waals surface area contributed by atoms with Crippen LogP contribution in [0.5, 0.6) is 5.75 Å². The minimum Gasteiger partial charge on any atom is -0.492 e. The Labute approximate surface area is 227 Å². The van der Waals surface area contributed by atoms with Gasteiger partial charge in [0.05, 0.1) is 4.90 Å². The van der Waals surface area contributed by atoms with Gasteiger partial charge in [-0.15, -0.1) is 0 Å². The summed E-state index contributed by atoms with van der Waals surface area (Å²) in [5.41, 5.74) is 8.50. The number of nitrogens with zero attached hydrogens (tertiary/aromatic N) is 6. The molecule has 1 amide bonds. The van der Waals surface area contributed by atoms with E-state index in [0.717, 1.165) is 11.3 Å². The van der Waals surface area contributed by atoms with Gasteiger partial charge in [-0.05, 0) is 67.4 Å². The number of amides is 1. The van der Waals surface area contributed by atoms with Crippen LogP contribution in [0.1, 0.15) is 27.3 Å². The van der Waals surface area contributed by atoms with Crippen LogP contribution in [0.3, 0.4) is 0 Å². The summed E-state index contributed by atoms with van der Waals surface area (Å²) in [5, 5.41) is 9.19. The van der Waals surface area contributed by atoms with E-state index in [9.17, 15) is 18.5 Å². The van der Waals surface area contributed by atoms with Crippen LogP contribution in [0.4, 0.5) is 11.6 Å². The van der Waals surface area contributed by atoms with Crippen LogP contribution in [-0.2, 0) is 16.4 Å². The topological polar surface area (TPSA) is 146 Å². The van der Waals surface area contributed by atoms with Crippen LogP contribution in [0.25, 0.3) is 0 Å². The Balaban J connectivity index is 1.27. The number of aromatic nitrogens is 2. The molecule has 1 saturated heterocycles. The zero-order chi connectivity index (χ0) is 27.6. The van der Waals surface area contributed by atoms with E-state index < -0.39 is 10.0 Å². The molecule has 39 heavy (non-hydrogen) atoms. The highest BCUT2D eigenvalue weighted by Crippen LogP contribution is 2.33. The number of carbonyl (C=O) groups excluding carboxylic acids is 1. The lowest BCUT2D eigenvalue weighted by molar-refractivity contribution is 0.0989. The van der Waals surface area contributed by atoms with E-state index in [1.54, 1.807) is 60.4 Å². The minimum absolute atomic E-state index is 0.149. The summed E-state index contributed by atoms with van der Waals surface area (Å²) in [6.45, 7) is 4.45. The van der Waals surface area contributed by atoms with Crippen molar-refractivity contribution in [3.63, 3.8) is 0 Å². The highest BCUT2D eigenvalue weighted by atomic mass is 32.2. The molecule has 0 unspecified atom stereocenters. The maximum Gasteiger partial charge on any atom is 0.258 e. The van der Waals surface area contributed by atoms with Crippen molar-refractivity contribution in [3.8, 4) is 11.8 Å². The van der Waals surface area contributed by atoms with Gasteiger partial charge in [-0.1, -0.05) is 0 Å².